The van der Waals surface area contributed by atoms with Gasteiger partial charge in [-0.05, 0) is 25.7 Å². The van der Waals surface area contributed by atoms with Gasteiger partial charge in [0.25, 0.3) is 0 Å². The van der Waals surface area contributed by atoms with Gasteiger partial charge in [0.1, 0.15) is 0 Å². The van der Waals surface area contributed by atoms with Crippen molar-refractivity contribution in [2.75, 3.05) is 26.3 Å². The minimum Gasteiger partial charge on any atom is -0.381 e. The molecular formula is C14H24ClN3O3. The Hall–Kier alpha value is -0.850. The van der Waals surface area contributed by atoms with Crippen LogP contribution in [-0.4, -0.2) is 55.1 Å². The Kier molecular flexibility index (Phi) is 5.11. The van der Waals surface area contributed by atoms with Crippen LogP contribution in [0.5, 0.6) is 0 Å². The van der Waals surface area contributed by atoms with E-state index in [1.54, 1.807) is 0 Å². The fraction of sp³-hybridized carbons (Fsp3) is 0.857. The predicted molar refractivity (Wildman–Crippen MR) is 80.1 cm³/mol. The largest absolute Gasteiger partial charge is 0.381 e. The lowest BCUT2D eigenvalue weighted by Crippen LogP contribution is -2.52. The maximum atomic E-state index is 12.5. The van der Waals surface area contributed by atoms with Gasteiger partial charge < -0.3 is 20.7 Å². The number of carbonyl (C=O) groups excluding carboxylic acids is 2. The van der Waals surface area contributed by atoms with Crippen molar-refractivity contribution in [3.63, 3.8) is 0 Å². The zero-order valence-corrected chi connectivity index (χ0v) is 13.0. The van der Waals surface area contributed by atoms with Gasteiger partial charge in [-0.25, -0.2) is 0 Å². The standard InChI is InChI=1S/C14H23N3O3.ClH/c15-9-14(3-5-20-6-4-14)13(19)16-10-7-12(18)17(8-10)11-1-2-11;/h10-11H,1-9,15H2,(H,16,19);1H. The molecule has 0 aromatic heterocycles. The summed E-state index contributed by atoms with van der Waals surface area (Å²) < 4.78 is 5.32. The smallest absolute Gasteiger partial charge is 0.227 e. The Morgan fingerprint density at radius 1 is 1.38 bits per heavy atom. The Morgan fingerprint density at radius 3 is 2.62 bits per heavy atom. The van der Waals surface area contributed by atoms with Crippen molar-refractivity contribution in [3.8, 4) is 0 Å². The third kappa shape index (κ3) is 3.33. The second-order valence-corrected chi connectivity index (χ2v) is 6.25. The van der Waals surface area contributed by atoms with Gasteiger partial charge in [0, 0.05) is 38.8 Å². The maximum absolute atomic E-state index is 12.5. The molecule has 3 aliphatic rings. The third-order valence-electron chi connectivity index (χ3n) is 4.80. The molecule has 2 heterocycles. The number of carbonyl (C=O) groups is 2. The number of hydrogen-bond acceptors (Lipinski definition) is 4. The number of rotatable bonds is 4. The van der Waals surface area contributed by atoms with Crippen molar-refractivity contribution >= 4 is 24.2 Å². The molecule has 0 bridgehead atoms. The van der Waals surface area contributed by atoms with Crippen LogP contribution in [-0.2, 0) is 14.3 Å². The molecule has 1 unspecified atom stereocenters. The summed E-state index contributed by atoms with van der Waals surface area (Å²) in [4.78, 5) is 26.4. The second-order valence-electron chi connectivity index (χ2n) is 6.25. The lowest BCUT2D eigenvalue weighted by Gasteiger charge is -2.35. The number of ether oxygens (including phenoxy) is 1. The number of hydrogen-bond donors (Lipinski definition) is 2. The Morgan fingerprint density at radius 2 is 2.05 bits per heavy atom. The van der Waals surface area contributed by atoms with E-state index in [1.165, 1.54) is 0 Å². The average molecular weight is 318 g/mol. The van der Waals surface area contributed by atoms with E-state index in [1.807, 2.05) is 4.90 Å². The van der Waals surface area contributed by atoms with Crippen LogP contribution >= 0.6 is 12.4 Å². The minimum atomic E-state index is -0.506. The molecule has 2 aliphatic heterocycles. The number of amides is 2. The predicted octanol–water partition coefficient (Wildman–Crippen LogP) is 0.0432. The average Bonchev–Trinajstić information content (AvgIpc) is 3.24. The van der Waals surface area contributed by atoms with Crippen molar-refractivity contribution in [1.29, 1.82) is 0 Å². The molecule has 1 aliphatic carbocycles. The van der Waals surface area contributed by atoms with Crippen LogP contribution < -0.4 is 11.1 Å². The van der Waals surface area contributed by atoms with Crippen LogP contribution in [0.2, 0.25) is 0 Å². The summed E-state index contributed by atoms with van der Waals surface area (Å²) in [6.07, 6.45) is 3.98. The van der Waals surface area contributed by atoms with Crippen molar-refractivity contribution in [1.82, 2.24) is 10.2 Å². The molecule has 120 valence electrons. The maximum Gasteiger partial charge on any atom is 0.227 e. The fourth-order valence-electron chi connectivity index (χ4n) is 3.19. The van der Waals surface area contributed by atoms with Crippen molar-refractivity contribution in [3.05, 3.63) is 0 Å². The van der Waals surface area contributed by atoms with E-state index in [4.69, 9.17) is 10.5 Å². The normalized spacial score (nSPS) is 28.1. The lowest BCUT2D eigenvalue weighted by atomic mass is 9.79. The van der Waals surface area contributed by atoms with Crippen molar-refractivity contribution in [2.45, 2.75) is 44.2 Å². The SMILES string of the molecule is Cl.NCC1(C(=O)NC2CC(=O)N(C3CC3)C2)CCOCC1. The van der Waals surface area contributed by atoms with Gasteiger partial charge in [-0.3, -0.25) is 9.59 Å². The van der Waals surface area contributed by atoms with Crippen molar-refractivity contribution in [2.24, 2.45) is 11.1 Å². The fourth-order valence-corrected chi connectivity index (χ4v) is 3.19. The molecule has 2 saturated heterocycles. The summed E-state index contributed by atoms with van der Waals surface area (Å²) in [6.45, 7) is 2.17. The molecule has 0 radical (unpaired) electrons. The van der Waals surface area contributed by atoms with Gasteiger partial charge in [0.2, 0.25) is 11.8 Å². The van der Waals surface area contributed by atoms with E-state index >= 15 is 0 Å². The molecule has 3 rings (SSSR count). The van der Waals surface area contributed by atoms with Gasteiger partial charge >= 0.3 is 0 Å². The highest BCUT2D eigenvalue weighted by Crippen LogP contribution is 2.32. The van der Waals surface area contributed by atoms with Crippen LogP contribution in [0.25, 0.3) is 0 Å². The zero-order chi connectivity index (χ0) is 14.2. The Labute approximate surface area is 131 Å². The van der Waals surface area contributed by atoms with E-state index < -0.39 is 5.41 Å². The first-order valence-electron chi connectivity index (χ1n) is 7.53. The van der Waals surface area contributed by atoms with Gasteiger partial charge in [0.05, 0.1) is 11.5 Å². The molecule has 0 aromatic rings. The quantitative estimate of drug-likeness (QED) is 0.767. The molecule has 21 heavy (non-hydrogen) atoms. The molecule has 3 N–H and O–H groups in total. The summed E-state index contributed by atoms with van der Waals surface area (Å²) >= 11 is 0. The van der Waals surface area contributed by atoms with Crippen LogP contribution in [0.3, 0.4) is 0 Å². The molecule has 2 amide bonds. The van der Waals surface area contributed by atoms with Gasteiger partial charge in [-0.15, -0.1) is 12.4 Å². The van der Waals surface area contributed by atoms with Gasteiger partial charge in [-0.2, -0.15) is 0 Å². The first kappa shape index (κ1) is 16.5. The number of nitrogens with zero attached hydrogens (tertiary/aromatic N) is 1. The second kappa shape index (κ2) is 6.50. The highest BCUT2D eigenvalue weighted by molar-refractivity contribution is 5.86. The first-order valence-corrected chi connectivity index (χ1v) is 7.53. The summed E-state index contributed by atoms with van der Waals surface area (Å²) in [7, 11) is 0. The number of nitrogens with one attached hydrogen (secondary N) is 1. The molecule has 0 spiro atoms. The number of halogens is 1. The summed E-state index contributed by atoms with van der Waals surface area (Å²) in [5, 5.41) is 3.05. The van der Waals surface area contributed by atoms with Gasteiger partial charge in [0.15, 0.2) is 0 Å². The Bertz CT molecular complexity index is 408. The Balaban J connectivity index is 0.00000161. The first-order chi connectivity index (χ1) is 9.64. The van der Waals surface area contributed by atoms with Crippen LogP contribution in [0.4, 0.5) is 0 Å². The summed E-state index contributed by atoms with van der Waals surface area (Å²) in [6, 6.07) is 0.373. The highest BCUT2D eigenvalue weighted by atomic mass is 35.5. The lowest BCUT2D eigenvalue weighted by molar-refractivity contribution is -0.136. The van der Waals surface area contributed by atoms with E-state index in [0.717, 1.165) is 12.8 Å². The molecule has 1 atom stereocenters. The van der Waals surface area contributed by atoms with E-state index in [-0.39, 0.29) is 30.3 Å². The molecular weight excluding hydrogens is 294 g/mol. The third-order valence-corrected chi connectivity index (χ3v) is 4.80. The molecule has 0 aromatic carbocycles. The monoisotopic (exact) mass is 317 g/mol. The van der Waals surface area contributed by atoms with Crippen LogP contribution in [0.15, 0.2) is 0 Å². The minimum absolute atomic E-state index is 0. The van der Waals surface area contributed by atoms with Crippen LogP contribution in [0, 0.1) is 5.41 Å². The van der Waals surface area contributed by atoms with Crippen molar-refractivity contribution < 1.29 is 14.3 Å². The summed E-state index contributed by atoms with van der Waals surface area (Å²) in [5.41, 5.74) is 5.33. The number of likely N-dealkylation sites (tertiary alicyclic amines) is 1. The van der Waals surface area contributed by atoms with E-state index in [9.17, 15) is 9.59 Å². The number of nitrogens with two attached hydrogens (primary N) is 1. The van der Waals surface area contributed by atoms with E-state index in [2.05, 4.69) is 5.32 Å². The van der Waals surface area contributed by atoms with Crippen LogP contribution in [0.1, 0.15) is 32.1 Å². The molecule has 1 saturated carbocycles. The highest BCUT2D eigenvalue weighted by Gasteiger charge is 2.43. The topological polar surface area (TPSA) is 84.7 Å². The molecule has 6 nitrogen and oxygen atoms in total. The molecule has 7 heteroatoms. The van der Waals surface area contributed by atoms with Gasteiger partial charge in [-0.1, -0.05) is 0 Å². The van der Waals surface area contributed by atoms with E-state index in [0.29, 0.717) is 51.6 Å². The molecule has 3 fully saturated rings. The summed E-state index contributed by atoms with van der Waals surface area (Å²) in [5.74, 6) is 0.172. The zero-order valence-electron chi connectivity index (χ0n) is 12.2.